The molecule has 0 saturated heterocycles. The summed E-state index contributed by atoms with van der Waals surface area (Å²) in [6.45, 7) is 4.64. The number of hydrogen-bond acceptors (Lipinski definition) is 4. The van der Waals surface area contributed by atoms with Crippen LogP contribution in [0.25, 0.3) is 0 Å². The Balaban J connectivity index is 4.10. The van der Waals surface area contributed by atoms with Crippen molar-refractivity contribution >= 4 is 11.9 Å². The monoisotopic (exact) mass is 217 g/mol. The van der Waals surface area contributed by atoms with Gasteiger partial charge in [-0.1, -0.05) is 6.92 Å². The van der Waals surface area contributed by atoms with Crippen LogP contribution in [0.15, 0.2) is 0 Å². The summed E-state index contributed by atoms with van der Waals surface area (Å²) in [7, 11) is 1.88. The third kappa shape index (κ3) is 7.93. The Hall–Kier alpha value is -1.10. The Labute approximate surface area is 90.0 Å². The van der Waals surface area contributed by atoms with Crippen LogP contribution in [0.1, 0.15) is 26.7 Å². The van der Waals surface area contributed by atoms with Gasteiger partial charge in [0.25, 0.3) is 0 Å². The van der Waals surface area contributed by atoms with E-state index in [1.807, 2.05) is 18.9 Å². The molecule has 0 aromatic carbocycles. The number of nitrogens with zero attached hydrogens (tertiary/aromatic N) is 1. The van der Waals surface area contributed by atoms with E-state index in [0.29, 0.717) is 6.54 Å². The van der Waals surface area contributed by atoms with E-state index in [-0.39, 0.29) is 6.42 Å². The molecule has 1 N–H and O–H groups in total. The highest BCUT2D eigenvalue weighted by Crippen LogP contribution is 2.02. The predicted octanol–water partition coefficient (Wildman–Crippen LogP) is 0.735. The van der Waals surface area contributed by atoms with Crippen LogP contribution in [0.4, 0.5) is 0 Å². The number of esters is 1. The Morgan fingerprint density at radius 2 is 2.07 bits per heavy atom. The summed E-state index contributed by atoms with van der Waals surface area (Å²) in [4.78, 5) is 23.2. The van der Waals surface area contributed by atoms with Crippen LogP contribution in [0.5, 0.6) is 0 Å². The zero-order valence-corrected chi connectivity index (χ0v) is 9.52. The first-order chi connectivity index (χ1) is 6.95. The number of rotatable bonds is 7. The molecule has 0 heterocycles. The van der Waals surface area contributed by atoms with E-state index in [2.05, 4.69) is 0 Å². The lowest BCUT2D eigenvalue weighted by Crippen LogP contribution is -2.34. The van der Waals surface area contributed by atoms with Crippen LogP contribution < -0.4 is 0 Å². The Morgan fingerprint density at radius 3 is 2.47 bits per heavy atom. The number of carboxylic acids is 1. The minimum Gasteiger partial charge on any atom is -0.481 e. The fraction of sp³-hybridized carbons (Fsp3) is 0.800. The van der Waals surface area contributed by atoms with Crippen molar-refractivity contribution in [2.24, 2.45) is 0 Å². The summed E-state index contributed by atoms with van der Waals surface area (Å²) in [5.41, 5.74) is 0. The molecule has 0 spiro atoms. The van der Waals surface area contributed by atoms with Crippen LogP contribution in [0, 0.1) is 0 Å². The molecule has 0 radical (unpaired) electrons. The SMILES string of the molecule is CCCN(C)CC(CC(=O)O)OC(C)=O. The van der Waals surface area contributed by atoms with Crippen LogP contribution in [0.3, 0.4) is 0 Å². The summed E-state index contributed by atoms with van der Waals surface area (Å²) in [6, 6.07) is 0. The number of carbonyl (C=O) groups excluding carboxylic acids is 1. The number of carbonyl (C=O) groups is 2. The van der Waals surface area contributed by atoms with Gasteiger partial charge in [0.1, 0.15) is 6.10 Å². The van der Waals surface area contributed by atoms with E-state index in [9.17, 15) is 9.59 Å². The summed E-state index contributed by atoms with van der Waals surface area (Å²) in [6.07, 6.45) is 0.279. The van der Waals surface area contributed by atoms with Gasteiger partial charge in [-0.25, -0.2) is 0 Å². The van der Waals surface area contributed by atoms with Crippen molar-refractivity contribution in [3.8, 4) is 0 Å². The zero-order valence-electron chi connectivity index (χ0n) is 9.52. The molecule has 0 aromatic heterocycles. The molecule has 0 aliphatic heterocycles. The van der Waals surface area contributed by atoms with Gasteiger partial charge < -0.3 is 14.7 Å². The van der Waals surface area contributed by atoms with Gasteiger partial charge >= 0.3 is 11.9 Å². The average Bonchev–Trinajstić information content (AvgIpc) is 2.00. The maximum Gasteiger partial charge on any atom is 0.307 e. The summed E-state index contributed by atoms with van der Waals surface area (Å²) < 4.78 is 4.92. The van der Waals surface area contributed by atoms with E-state index in [0.717, 1.165) is 13.0 Å². The molecule has 1 unspecified atom stereocenters. The molecule has 15 heavy (non-hydrogen) atoms. The molecule has 0 rings (SSSR count). The Bertz CT molecular complexity index is 201. The van der Waals surface area contributed by atoms with Crippen molar-refractivity contribution in [1.29, 1.82) is 0 Å². The maximum absolute atomic E-state index is 10.7. The third-order valence-electron chi connectivity index (χ3n) is 1.86. The van der Waals surface area contributed by atoms with E-state index >= 15 is 0 Å². The highest BCUT2D eigenvalue weighted by atomic mass is 16.5. The first-order valence-electron chi connectivity index (χ1n) is 5.03. The molecule has 0 aliphatic carbocycles. The average molecular weight is 217 g/mol. The van der Waals surface area contributed by atoms with Gasteiger partial charge in [0.05, 0.1) is 6.42 Å². The smallest absolute Gasteiger partial charge is 0.307 e. The molecule has 88 valence electrons. The fourth-order valence-electron chi connectivity index (χ4n) is 1.39. The third-order valence-corrected chi connectivity index (χ3v) is 1.86. The van der Waals surface area contributed by atoms with Crippen molar-refractivity contribution in [2.75, 3.05) is 20.1 Å². The fourth-order valence-corrected chi connectivity index (χ4v) is 1.39. The standard InChI is InChI=1S/C10H19NO4/c1-4-5-11(3)7-9(6-10(13)14)15-8(2)12/h9H,4-7H2,1-3H3,(H,13,14). The molecule has 5 heteroatoms. The summed E-state index contributed by atoms with van der Waals surface area (Å²) >= 11 is 0. The molecule has 0 amide bonds. The van der Waals surface area contributed by atoms with Crippen LogP contribution in [-0.4, -0.2) is 48.2 Å². The highest BCUT2D eigenvalue weighted by Gasteiger charge is 2.17. The van der Waals surface area contributed by atoms with Crippen LogP contribution >= 0.6 is 0 Å². The maximum atomic E-state index is 10.7. The van der Waals surface area contributed by atoms with Gasteiger partial charge in [0, 0.05) is 13.5 Å². The van der Waals surface area contributed by atoms with E-state index in [4.69, 9.17) is 9.84 Å². The molecule has 0 fully saturated rings. The van der Waals surface area contributed by atoms with Crippen molar-refractivity contribution in [3.63, 3.8) is 0 Å². The van der Waals surface area contributed by atoms with Crippen molar-refractivity contribution in [3.05, 3.63) is 0 Å². The topological polar surface area (TPSA) is 66.8 Å². The minimum atomic E-state index is -0.953. The summed E-state index contributed by atoms with van der Waals surface area (Å²) in [5.74, 6) is -1.39. The second-order valence-electron chi connectivity index (χ2n) is 3.59. The molecular formula is C10H19NO4. The van der Waals surface area contributed by atoms with E-state index in [1.54, 1.807) is 0 Å². The minimum absolute atomic E-state index is 0.145. The summed E-state index contributed by atoms with van der Waals surface area (Å²) in [5, 5.41) is 8.63. The lowest BCUT2D eigenvalue weighted by atomic mass is 10.2. The molecule has 0 aliphatic rings. The normalized spacial score (nSPS) is 12.5. The number of ether oxygens (including phenoxy) is 1. The first kappa shape index (κ1) is 13.9. The van der Waals surface area contributed by atoms with E-state index < -0.39 is 18.0 Å². The van der Waals surface area contributed by atoms with E-state index in [1.165, 1.54) is 6.92 Å². The second kappa shape index (κ2) is 7.23. The number of hydrogen-bond donors (Lipinski definition) is 1. The van der Waals surface area contributed by atoms with Crippen molar-refractivity contribution in [1.82, 2.24) is 4.90 Å². The van der Waals surface area contributed by atoms with Gasteiger partial charge in [-0.05, 0) is 20.0 Å². The first-order valence-corrected chi connectivity index (χ1v) is 5.03. The van der Waals surface area contributed by atoms with Gasteiger partial charge in [0.2, 0.25) is 0 Å². The lowest BCUT2D eigenvalue weighted by Gasteiger charge is -2.22. The zero-order chi connectivity index (χ0) is 11.8. The second-order valence-corrected chi connectivity index (χ2v) is 3.59. The van der Waals surface area contributed by atoms with Crippen molar-refractivity contribution < 1.29 is 19.4 Å². The van der Waals surface area contributed by atoms with Gasteiger partial charge in [-0.3, -0.25) is 9.59 Å². The number of aliphatic carboxylic acids is 1. The van der Waals surface area contributed by atoms with Gasteiger partial charge in [0.15, 0.2) is 0 Å². The molecule has 1 atom stereocenters. The quantitative estimate of drug-likeness (QED) is 0.637. The van der Waals surface area contributed by atoms with Crippen LogP contribution in [0.2, 0.25) is 0 Å². The largest absolute Gasteiger partial charge is 0.481 e. The van der Waals surface area contributed by atoms with Crippen molar-refractivity contribution in [2.45, 2.75) is 32.8 Å². The van der Waals surface area contributed by atoms with Gasteiger partial charge in [-0.15, -0.1) is 0 Å². The number of likely N-dealkylation sites (N-methyl/N-ethyl adjacent to an activating group) is 1. The molecule has 5 nitrogen and oxygen atoms in total. The van der Waals surface area contributed by atoms with Gasteiger partial charge in [-0.2, -0.15) is 0 Å². The molecule has 0 saturated carbocycles. The number of carboxylic acid groups (broad SMARTS) is 1. The van der Waals surface area contributed by atoms with Crippen LogP contribution in [-0.2, 0) is 14.3 Å². The highest BCUT2D eigenvalue weighted by molar-refractivity contribution is 5.69. The predicted molar refractivity (Wildman–Crippen MR) is 55.6 cm³/mol. The Morgan fingerprint density at radius 1 is 1.47 bits per heavy atom. The molecule has 0 bridgehead atoms. The lowest BCUT2D eigenvalue weighted by molar-refractivity contribution is -0.151. The molecular weight excluding hydrogens is 198 g/mol. The Kier molecular flexibility index (Phi) is 6.70. The molecule has 0 aromatic rings.